The average molecular weight is 593 g/mol. The lowest BCUT2D eigenvalue weighted by Gasteiger charge is -2.42. The van der Waals surface area contributed by atoms with Crippen LogP contribution in [0, 0.1) is 28.6 Å². The molecule has 3 atom stereocenters. The van der Waals surface area contributed by atoms with Crippen LogP contribution in [0.2, 0.25) is 0 Å². The second kappa shape index (κ2) is 12.3. The quantitative estimate of drug-likeness (QED) is 0.339. The normalized spacial score (nSPS) is 21.6. The number of likely N-dealkylation sites (tertiary alicyclic amines) is 1. The topological polar surface area (TPSA) is 96.5 Å². The zero-order chi connectivity index (χ0) is 31.0. The zero-order valence-corrected chi connectivity index (χ0v) is 25.4. The van der Waals surface area contributed by atoms with Crippen molar-refractivity contribution in [3.63, 3.8) is 0 Å². The van der Waals surface area contributed by atoms with Crippen molar-refractivity contribution in [1.82, 2.24) is 14.8 Å². The predicted octanol–water partition coefficient (Wildman–Crippen LogP) is 5.40. The van der Waals surface area contributed by atoms with Gasteiger partial charge in [0.1, 0.15) is 18.2 Å². The number of fused-ring (bicyclic) bond motifs is 2. The van der Waals surface area contributed by atoms with Crippen molar-refractivity contribution >= 4 is 22.5 Å². The number of halogens is 1. The van der Waals surface area contributed by atoms with Gasteiger partial charge in [0.2, 0.25) is 5.88 Å². The van der Waals surface area contributed by atoms with Gasteiger partial charge in [-0.3, -0.25) is 4.79 Å². The molecule has 3 aromatic rings. The highest BCUT2D eigenvalue weighted by Gasteiger charge is 2.34. The van der Waals surface area contributed by atoms with E-state index in [1.165, 1.54) is 21.6 Å². The van der Waals surface area contributed by atoms with Gasteiger partial charge in [0, 0.05) is 31.1 Å². The van der Waals surface area contributed by atoms with E-state index in [0.29, 0.717) is 35.8 Å². The van der Waals surface area contributed by atoms with E-state index in [0.717, 1.165) is 43.2 Å². The highest BCUT2D eigenvalue weighted by Crippen LogP contribution is 2.40. The fourth-order valence-corrected chi connectivity index (χ4v) is 7.19. The molecule has 0 spiro atoms. The minimum atomic E-state index is -1.05. The molecule has 9 heteroatoms. The lowest BCUT2D eigenvalue weighted by molar-refractivity contribution is -0.131. The maximum atomic E-state index is 13.9. The number of pyridine rings is 1. The van der Waals surface area contributed by atoms with Gasteiger partial charge >= 0.3 is 0 Å². The molecule has 1 unspecified atom stereocenters. The van der Waals surface area contributed by atoms with E-state index >= 15 is 0 Å². The third-order valence-corrected chi connectivity index (χ3v) is 9.45. The van der Waals surface area contributed by atoms with Gasteiger partial charge in [-0.25, -0.2) is 9.37 Å². The van der Waals surface area contributed by atoms with Crippen LogP contribution >= 0.6 is 0 Å². The molecule has 2 aromatic carbocycles. The Morgan fingerprint density at radius 3 is 2.73 bits per heavy atom. The summed E-state index contributed by atoms with van der Waals surface area (Å²) in [6.07, 6.45) is 4.26. The van der Waals surface area contributed by atoms with Crippen LogP contribution in [0.25, 0.3) is 22.0 Å². The second-order valence-electron chi connectivity index (χ2n) is 12.4. The molecule has 1 aliphatic carbocycles. The Morgan fingerprint density at radius 1 is 1.16 bits per heavy atom. The molecule has 3 aliphatic rings. The molecule has 0 radical (unpaired) electrons. The van der Waals surface area contributed by atoms with Crippen LogP contribution in [0.15, 0.2) is 48.8 Å². The van der Waals surface area contributed by atoms with E-state index in [1.54, 1.807) is 0 Å². The van der Waals surface area contributed by atoms with Crippen molar-refractivity contribution in [3.05, 3.63) is 65.5 Å². The van der Waals surface area contributed by atoms with Gasteiger partial charge in [0.05, 0.1) is 29.7 Å². The molecule has 2 saturated heterocycles. The summed E-state index contributed by atoms with van der Waals surface area (Å²) in [5, 5.41) is 20.8. The van der Waals surface area contributed by atoms with Gasteiger partial charge in [0.15, 0.2) is 5.83 Å². The first kappa shape index (κ1) is 29.6. The number of benzene rings is 2. The number of rotatable bonds is 7. The Labute approximate surface area is 257 Å². The minimum Gasteiger partial charge on any atom is -0.475 e. The Kier molecular flexibility index (Phi) is 8.25. The van der Waals surface area contributed by atoms with Gasteiger partial charge in [-0.2, -0.15) is 10.5 Å². The fraction of sp³-hybridized carbons (Fsp3) is 0.429. The largest absolute Gasteiger partial charge is 0.475 e. The van der Waals surface area contributed by atoms with Crippen molar-refractivity contribution < 1.29 is 13.9 Å². The number of likely N-dealkylation sites (N-methyl/N-ethyl adjacent to an activating group) is 1. The number of anilines is 1. The molecule has 2 aliphatic heterocycles. The van der Waals surface area contributed by atoms with Crippen molar-refractivity contribution in [2.75, 3.05) is 44.7 Å². The smallest absolute Gasteiger partial charge is 0.282 e. The minimum absolute atomic E-state index is 0.0273. The van der Waals surface area contributed by atoms with E-state index in [9.17, 15) is 19.7 Å². The second-order valence-corrected chi connectivity index (χ2v) is 12.4. The first-order chi connectivity index (χ1) is 21.3. The van der Waals surface area contributed by atoms with E-state index in [1.807, 2.05) is 11.0 Å². The van der Waals surface area contributed by atoms with Crippen LogP contribution in [-0.2, 0) is 17.6 Å². The Balaban J connectivity index is 1.45. The molecule has 6 rings (SSSR count). The number of carbonyl (C=O) groups excluding carboxylic acids is 1. The van der Waals surface area contributed by atoms with Gasteiger partial charge < -0.3 is 19.4 Å². The molecule has 1 aromatic heterocycles. The first-order valence-corrected chi connectivity index (χ1v) is 15.4. The number of nitrogens with zero attached hydrogens (tertiary/aromatic N) is 6. The molecule has 226 valence electrons. The number of hydrogen-bond acceptors (Lipinski definition) is 7. The monoisotopic (exact) mass is 592 g/mol. The Morgan fingerprint density at radius 2 is 2.00 bits per heavy atom. The summed E-state index contributed by atoms with van der Waals surface area (Å²) >= 11 is 0. The van der Waals surface area contributed by atoms with Crippen molar-refractivity contribution in [2.24, 2.45) is 5.92 Å². The third-order valence-electron chi connectivity index (χ3n) is 9.45. The number of carbonyl (C=O) groups is 1. The maximum absolute atomic E-state index is 13.9. The van der Waals surface area contributed by atoms with Crippen LogP contribution in [0.3, 0.4) is 0 Å². The van der Waals surface area contributed by atoms with Gasteiger partial charge in [-0.1, -0.05) is 43.8 Å². The molecular weight excluding hydrogens is 555 g/mol. The summed E-state index contributed by atoms with van der Waals surface area (Å²) < 4.78 is 20.2. The highest BCUT2D eigenvalue weighted by molar-refractivity contribution is 5.98. The fourth-order valence-electron chi connectivity index (χ4n) is 7.19. The molecule has 0 saturated carbocycles. The lowest BCUT2D eigenvalue weighted by atomic mass is 9.95. The zero-order valence-electron chi connectivity index (χ0n) is 25.4. The first-order valence-electron chi connectivity index (χ1n) is 15.4. The predicted molar refractivity (Wildman–Crippen MR) is 168 cm³/mol. The summed E-state index contributed by atoms with van der Waals surface area (Å²) in [7, 11) is 2.08. The molecule has 8 nitrogen and oxygen atoms in total. The van der Waals surface area contributed by atoms with E-state index in [2.05, 4.69) is 67.9 Å². The third kappa shape index (κ3) is 5.49. The molecule has 0 N–H and O–H groups in total. The summed E-state index contributed by atoms with van der Waals surface area (Å²) in [5.74, 6) is -0.962. The van der Waals surface area contributed by atoms with E-state index in [4.69, 9.17) is 9.72 Å². The Hall–Kier alpha value is -4.47. The number of piperazine rings is 1. The van der Waals surface area contributed by atoms with Crippen molar-refractivity contribution in [2.45, 2.75) is 51.1 Å². The van der Waals surface area contributed by atoms with Crippen molar-refractivity contribution in [3.8, 4) is 29.1 Å². The lowest BCUT2D eigenvalue weighted by Crippen LogP contribution is -2.55. The van der Waals surface area contributed by atoms with E-state index < -0.39 is 17.8 Å². The van der Waals surface area contributed by atoms with E-state index in [-0.39, 0.29) is 31.4 Å². The average Bonchev–Trinajstić information content (AvgIpc) is 3.62. The molecule has 2 fully saturated rings. The molecule has 3 heterocycles. The number of nitriles is 2. The van der Waals surface area contributed by atoms with Gasteiger partial charge in [-0.15, -0.1) is 0 Å². The van der Waals surface area contributed by atoms with Gasteiger partial charge in [0.25, 0.3) is 5.91 Å². The summed E-state index contributed by atoms with van der Waals surface area (Å²) in [4.78, 5) is 23.2. The van der Waals surface area contributed by atoms with Crippen LogP contribution in [0.5, 0.6) is 5.88 Å². The summed E-state index contributed by atoms with van der Waals surface area (Å²) in [6, 6.07) is 16.8. The number of aromatic nitrogens is 1. The molecular formula is C35H37FN6O2. The standard InChI is InChI=1S/C35H37FN6O2/c1-22-16-24-6-4-8-28(30(24)17-22)25-9-10-29-32(18-25)39-34(44-21-27-7-5-13-40(27)3)31(19-38)33(29)41-14-15-42(35(43)23(2)36)26(20-41)11-12-37/h4,6,8-10,18,22,26-27H,2,5,7,11,13-17,20-21H2,1,3H3/t22?,26-,27-/m0/s1. The molecule has 1 amide bonds. The Bertz CT molecular complexity index is 1710. The summed E-state index contributed by atoms with van der Waals surface area (Å²) in [5.41, 5.74) is 6.73. The van der Waals surface area contributed by atoms with Crippen LogP contribution < -0.4 is 9.64 Å². The maximum Gasteiger partial charge on any atom is 0.282 e. The van der Waals surface area contributed by atoms with Crippen LogP contribution in [0.1, 0.15) is 42.9 Å². The molecule has 44 heavy (non-hydrogen) atoms. The molecule has 0 bridgehead atoms. The van der Waals surface area contributed by atoms with Crippen LogP contribution in [0.4, 0.5) is 10.1 Å². The SMILES string of the molecule is C=C(F)C(=O)N1CCN(c2c(C#N)c(OC[C@@H]3CCCN3C)nc3cc(-c4cccc5c4CC(C)C5)ccc23)C[C@@H]1CC#N. The van der Waals surface area contributed by atoms with Gasteiger partial charge in [-0.05, 0) is 73.5 Å². The highest BCUT2D eigenvalue weighted by atomic mass is 19.1. The number of hydrogen-bond donors (Lipinski definition) is 0. The summed E-state index contributed by atoms with van der Waals surface area (Å²) in [6.45, 7) is 7.69. The number of amides is 1. The van der Waals surface area contributed by atoms with Crippen LogP contribution in [-0.4, -0.2) is 72.6 Å². The van der Waals surface area contributed by atoms with Crippen molar-refractivity contribution in [1.29, 1.82) is 10.5 Å². The number of ether oxygens (including phenoxy) is 1.